The molecule has 2 amide bonds. The maximum Gasteiger partial charge on any atom is 0.254 e. The summed E-state index contributed by atoms with van der Waals surface area (Å²) in [6, 6.07) is 4.08. The highest BCUT2D eigenvalue weighted by Gasteiger charge is 2.40. The first kappa shape index (κ1) is 13.5. The van der Waals surface area contributed by atoms with E-state index < -0.39 is 11.3 Å². The van der Waals surface area contributed by atoms with Gasteiger partial charge in [0.1, 0.15) is 5.82 Å². The molecule has 0 spiro atoms. The van der Waals surface area contributed by atoms with E-state index in [2.05, 4.69) is 0 Å². The van der Waals surface area contributed by atoms with E-state index in [1.165, 1.54) is 18.2 Å². The summed E-state index contributed by atoms with van der Waals surface area (Å²) < 4.78 is 13.0. The van der Waals surface area contributed by atoms with Crippen molar-refractivity contribution < 1.29 is 14.0 Å². The van der Waals surface area contributed by atoms with Gasteiger partial charge in [0.2, 0.25) is 5.91 Å². The van der Waals surface area contributed by atoms with E-state index in [4.69, 9.17) is 5.73 Å². The van der Waals surface area contributed by atoms with Gasteiger partial charge in [-0.1, -0.05) is 0 Å². The predicted molar refractivity (Wildman–Crippen MR) is 69.0 cm³/mol. The Bertz CT molecular complexity index is 544. The average molecular weight is 264 g/mol. The molecule has 1 fully saturated rings. The van der Waals surface area contributed by atoms with Gasteiger partial charge in [-0.3, -0.25) is 9.59 Å². The van der Waals surface area contributed by atoms with Gasteiger partial charge < -0.3 is 10.6 Å². The Balaban J connectivity index is 2.20. The number of hydrogen-bond donors (Lipinski definition) is 1. The number of primary amides is 1. The summed E-state index contributed by atoms with van der Waals surface area (Å²) in [5.74, 6) is -0.932. The fraction of sp³-hybridized carbons (Fsp3) is 0.429. The van der Waals surface area contributed by atoms with Crippen LogP contribution in [0.5, 0.6) is 0 Å². The third kappa shape index (κ3) is 2.45. The van der Waals surface area contributed by atoms with Gasteiger partial charge in [0.25, 0.3) is 5.91 Å². The van der Waals surface area contributed by atoms with Crippen molar-refractivity contribution in [1.82, 2.24) is 4.90 Å². The lowest BCUT2D eigenvalue weighted by molar-refractivity contribution is -0.126. The highest BCUT2D eigenvalue weighted by Crippen LogP contribution is 2.30. The monoisotopic (exact) mass is 264 g/mol. The maximum absolute atomic E-state index is 13.0. The van der Waals surface area contributed by atoms with Crippen LogP contribution in [0.15, 0.2) is 18.2 Å². The lowest BCUT2D eigenvalue weighted by Crippen LogP contribution is -2.38. The molecule has 1 heterocycles. The summed E-state index contributed by atoms with van der Waals surface area (Å²) in [4.78, 5) is 25.3. The quantitative estimate of drug-likeness (QED) is 0.879. The Hall–Kier alpha value is -1.91. The maximum atomic E-state index is 13.0. The number of hydrogen-bond acceptors (Lipinski definition) is 2. The second-order valence-corrected chi connectivity index (χ2v) is 5.36. The average Bonchev–Trinajstić information content (AvgIpc) is 2.73. The fourth-order valence-electron chi connectivity index (χ4n) is 2.37. The van der Waals surface area contributed by atoms with Crippen molar-refractivity contribution in [2.45, 2.75) is 20.3 Å². The lowest BCUT2D eigenvalue weighted by atomic mass is 9.89. The summed E-state index contributed by atoms with van der Waals surface area (Å²) >= 11 is 0. The molecule has 4 nitrogen and oxygen atoms in total. The molecule has 19 heavy (non-hydrogen) atoms. The first-order valence-electron chi connectivity index (χ1n) is 6.19. The van der Waals surface area contributed by atoms with Crippen LogP contribution in [0.3, 0.4) is 0 Å². The van der Waals surface area contributed by atoms with Gasteiger partial charge in [-0.25, -0.2) is 4.39 Å². The SMILES string of the molecule is Cc1cc(F)ccc1C(=O)N1CCC(C)(C(N)=O)C1. The van der Waals surface area contributed by atoms with E-state index in [9.17, 15) is 14.0 Å². The van der Waals surface area contributed by atoms with Gasteiger partial charge in [-0.15, -0.1) is 0 Å². The number of likely N-dealkylation sites (tertiary alicyclic amines) is 1. The highest BCUT2D eigenvalue weighted by atomic mass is 19.1. The first-order valence-corrected chi connectivity index (χ1v) is 6.19. The molecular formula is C14H17FN2O2. The van der Waals surface area contributed by atoms with E-state index in [0.29, 0.717) is 30.6 Å². The van der Waals surface area contributed by atoms with Gasteiger partial charge in [-0.05, 0) is 44.0 Å². The Kier molecular flexibility index (Phi) is 3.30. The molecule has 102 valence electrons. The van der Waals surface area contributed by atoms with Crippen LogP contribution in [0.25, 0.3) is 0 Å². The summed E-state index contributed by atoms with van der Waals surface area (Å²) in [6.07, 6.45) is 0.564. The van der Waals surface area contributed by atoms with Crippen LogP contribution < -0.4 is 5.73 Å². The molecule has 1 aliphatic rings. The van der Waals surface area contributed by atoms with Crippen LogP contribution in [-0.4, -0.2) is 29.8 Å². The third-order valence-corrected chi connectivity index (χ3v) is 3.77. The molecule has 0 saturated carbocycles. The van der Waals surface area contributed by atoms with Crippen molar-refractivity contribution in [2.24, 2.45) is 11.1 Å². The minimum absolute atomic E-state index is 0.178. The Morgan fingerprint density at radius 2 is 2.11 bits per heavy atom. The number of rotatable bonds is 2. The largest absolute Gasteiger partial charge is 0.369 e. The molecule has 1 unspecified atom stereocenters. The number of amides is 2. The first-order chi connectivity index (χ1) is 8.83. The van der Waals surface area contributed by atoms with E-state index in [1.54, 1.807) is 18.7 Å². The molecule has 0 bridgehead atoms. The van der Waals surface area contributed by atoms with Crippen molar-refractivity contribution in [3.8, 4) is 0 Å². The zero-order valence-corrected chi connectivity index (χ0v) is 11.1. The Morgan fingerprint density at radius 3 is 2.63 bits per heavy atom. The van der Waals surface area contributed by atoms with E-state index in [1.807, 2.05) is 0 Å². The molecule has 2 rings (SSSR count). The number of halogens is 1. The van der Waals surface area contributed by atoms with Crippen molar-refractivity contribution in [1.29, 1.82) is 0 Å². The molecule has 1 saturated heterocycles. The molecular weight excluding hydrogens is 247 g/mol. The van der Waals surface area contributed by atoms with E-state index >= 15 is 0 Å². The van der Waals surface area contributed by atoms with Crippen molar-refractivity contribution in [3.05, 3.63) is 35.1 Å². The Morgan fingerprint density at radius 1 is 1.42 bits per heavy atom. The van der Waals surface area contributed by atoms with Crippen LogP contribution in [-0.2, 0) is 4.79 Å². The number of carbonyl (C=O) groups is 2. The number of carbonyl (C=O) groups excluding carboxylic acids is 2. The van der Waals surface area contributed by atoms with E-state index in [0.717, 1.165) is 0 Å². The molecule has 1 aromatic rings. The molecule has 5 heteroatoms. The third-order valence-electron chi connectivity index (χ3n) is 3.77. The van der Waals surface area contributed by atoms with Gasteiger partial charge in [0.15, 0.2) is 0 Å². The predicted octanol–water partition coefficient (Wildman–Crippen LogP) is 1.47. The zero-order valence-electron chi connectivity index (χ0n) is 11.1. The van der Waals surface area contributed by atoms with Gasteiger partial charge in [-0.2, -0.15) is 0 Å². The van der Waals surface area contributed by atoms with Crippen LogP contribution >= 0.6 is 0 Å². The minimum Gasteiger partial charge on any atom is -0.369 e. The molecule has 1 atom stereocenters. The van der Waals surface area contributed by atoms with Crippen LogP contribution in [0.1, 0.15) is 29.3 Å². The second kappa shape index (κ2) is 4.64. The van der Waals surface area contributed by atoms with Crippen molar-refractivity contribution in [3.63, 3.8) is 0 Å². The van der Waals surface area contributed by atoms with Gasteiger partial charge >= 0.3 is 0 Å². The standard InChI is InChI=1S/C14H17FN2O2/c1-9-7-10(15)3-4-11(9)12(18)17-6-5-14(2,8-17)13(16)19/h3-4,7H,5-6,8H2,1-2H3,(H2,16,19). The van der Waals surface area contributed by atoms with Gasteiger partial charge in [0.05, 0.1) is 5.41 Å². The second-order valence-electron chi connectivity index (χ2n) is 5.36. The van der Waals surface area contributed by atoms with Crippen molar-refractivity contribution >= 4 is 11.8 Å². The number of aryl methyl sites for hydroxylation is 1. The number of benzene rings is 1. The van der Waals surface area contributed by atoms with Crippen LogP contribution in [0.4, 0.5) is 4.39 Å². The molecule has 0 aliphatic carbocycles. The Labute approximate surface area is 111 Å². The summed E-state index contributed by atoms with van der Waals surface area (Å²) in [6.45, 7) is 4.27. The summed E-state index contributed by atoms with van der Waals surface area (Å²) in [7, 11) is 0. The smallest absolute Gasteiger partial charge is 0.254 e. The van der Waals surface area contributed by atoms with Crippen LogP contribution in [0, 0.1) is 18.2 Å². The zero-order chi connectivity index (χ0) is 14.2. The molecule has 0 radical (unpaired) electrons. The lowest BCUT2D eigenvalue weighted by Gasteiger charge is -2.21. The highest BCUT2D eigenvalue weighted by molar-refractivity contribution is 5.96. The van der Waals surface area contributed by atoms with Gasteiger partial charge in [0, 0.05) is 18.7 Å². The van der Waals surface area contributed by atoms with Crippen LogP contribution in [0.2, 0.25) is 0 Å². The fourth-order valence-corrected chi connectivity index (χ4v) is 2.37. The molecule has 2 N–H and O–H groups in total. The molecule has 1 aromatic carbocycles. The number of nitrogens with two attached hydrogens (primary N) is 1. The summed E-state index contributed by atoms with van der Waals surface area (Å²) in [5.41, 5.74) is 5.76. The van der Waals surface area contributed by atoms with E-state index in [-0.39, 0.29) is 11.7 Å². The van der Waals surface area contributed by atoms with Crippen molar-refractivity contribution in [2.75, 3.05) is 13.1 Å². The normalized spacial score (nSPS) is 22.6. The molecule has 1 aliphatic heterocycles. The topological polar surface area (TPSA) is 63.4 Å². The summed E-state index contributed by atoms with van der Waals surface area (Å²) in [5, 5.41) is 0. The number of nitrogens with zero attached hydrogens (tertiary/aromatic N) is 1. The minimum atomic E-state index is -0.663. The molecule has 0 aromatic heterocycles.